The molecular formula is C19H26ClFN4OS. The number of unbranched alkanes of at least 4 members (excludes halogenated alkanes) is 2. The van der Waals surface area contributed by atoms with E-state index in [1.54, 1.807) is 0 Å². The van der Waals surface area contributed by atoms with Crippen LogP contribution in [0, 0.1) is 11.7 Å². The van der Waals surface area contributed by atoms with Gasteiger partial charge in [0, 0.05) is 19.0 Å². The molecule has 0 fully saturated rings. The summed E-state index contributed by atoms with van der Waals surface area (Å²) in [5, 5.41) is 0.836. The third kappa shape index (κ3) is 4.40. The average Bonchev–Trinajstić information content (AvgIpc) is 2.67. The number of rotatable bonds is 7. The summed E-state index contributed by atoms with van der Waals surface area (Å²) in [5.74, 6) is 0.781. The third-order valence-corrected chi connectivity index (χ3v) is 5.60. The molecule has 1 aliphatic heterocycles. The van der Waals surface area contributed by atoms with Crippen LogP contribution in [0.3, 0.4) is 0 Å². The van der Waals surface area contributed by atoms with Crippen molar-refractivity contribution in [1.29, 1.82) is 0 Å². The molecule has 2 aromatic rings. The van der Waals surface area contributed by atoms with Crippen LogP contribution in [0.5, 0.6) is 5.88 Å². The van der Waals surface area contributed by atoms with Gasteiger partial charge in [-0.25, -0.2) is 14.4 Å². The van der Waals surface area contributed by atoms with Crippen molar-refractivity contribution in [3.63, 3.8) is 0 Å². The highest BCUT2D eigenvalue weighted by Crippen LogP contribution is 2.38. The maximum absolute atomic E-state index is 14.7. The number of aromatic nitrogens is 3. The second-order valence-electron chi connectivity index (χ2n) is 6.90. The summed E-state index contributed by atoms with van der Waals surface area (Å²) in [5.41, 5.74) is 0.185. The van der Waals surface area contributed by atoms with Crippen LogP contribution in [0.2, 0.25) is 5.15 Å². The minimum Gasteiger partial charge on any atom is -0.477 e. The van der Waals surface area contributed by atoms with E-state index in [1.807, 2.05) is 6.26 Å². The van der Waals surface area contributed by atoms with Gasteiger partial charge in [0.1, 0.15) is 16.7 Å². The van der Waals surface area contributed by atoms with Gasteiger partial charge in [0.25, 0.3) is 0 Å². The largest absolute Gasteiger partial charge is 0.477 e. The van der Waals surface area contributed by atoms with E-state index in [2.05, 4.69) is 28.7 Å². The molecule has 1 atom stereocenters. The summed E-state index contributed by atoms with van der Waals surface area (Å²) in [7, 11) is 0. The van der Waals surface area contributed by atoms with E-state index in [0.717, 1.165) is 25.9 Å². The number of hydrogen-bond donors (Lipinski definition) is 0. The van der Waals surface area contributed by atoms with Gasteiger partial charge in [-0.3, -0.25) is 0 Å². The van der Waals surface area contributed by atoms with Gasteiger partial charge in [0.05, 0.1) is 6.61 Å². The zero-order valence-electron chi connectivity index (χ0n) is 16.1. The molecule has 0 radical (unpaired) electrons. The lowest BCUT2D eigenvalue weighted by atomic mass is 10.0. The van der Waals surface area contributed by atoms with Crippen LogP contribution in [-0.2, 0) is 0 Å². The highest BCUT2D eigenvalue weighted by molar-refractivity contribution is 7.98. The maximum Gasteiger partial charge on any atom is 0.228 e. The predicted octanol–water partition coefficient (Wildman–Crippen LogP) is 5.34. The summed E-state index contributed by atoms with van der Waals surface area (Å²) in [6.45, 7) is 6.56. The van der Waals surface area contributed by atoms with Crippen LogP contribution in [0.25, 0.3) is 10.9 Å². The Labute approximate surface area is 169 Å². The fourth-order valence-corrected chi connectivity index (χ4v) is 4.00. The standard InChI is InChI=1S/C19H26ClFN4OS/c1-4-6-7-8-12-10-25(9-5-2)17-13-15(22-19(24-17)27-3)14(21)16(20)23-18(13)26-11-12/h12H,4-11H2,1-3H3. The van der Waals surface area contributed by atoms with Crippen LogP contribution < -0.4 is 9.64 Å². The Morgan fingerprint density at radius 1 is 1.22 bits per heavy atom. The molecule has 27 heavy (non-hydrogen) atoms. The van der Waals surface area contributed by atoms with E-state index >= 15 is 0 Å². The normalized spacial score (nSPS) is 16.9. The first kappa shape index (κ1) is 20.4. The van der Waals surface area contributed by atoms with Crippen LogP contribution in [-0.4, -0.2) is 40.9 Å². The third-order valence-electron chi connectivity index (χ3n) is 4.80. The second-order valence-corrected chi connectivity index (χ2v) is 8.03. The highest BCUT2D eigenvalue weighted by atomic mass is 35.5. The quantitative estimate of drug-likeness (QED) is 0.264. The molecule has 148 valence electrons. The first-order valence-electron chi connectivity index (χ1n) is 9.57. The Kier molecular flexibility index (Phi) is 6.98. The lowest BCUT2D eigenvalue weighted by Crippen LogP contribution is -2.35. The summed E-state index contributed by atoms with van der Waals surface area (Å²) >= 11 is 7.41. The number of hydrogen-bond acceptors (Lipinski definition) is 6. The summed E-state index contributed by atoms with van der Waals surface area (Å²) < 4.78 is 20.7. The molecule has 0 saturated carbocycles. The first-order chi connectivity index (χ1) is 13.1. The Morgan fingerprint density at radius 2 is 2.04 bits per heavy atom. The molecule has 0 spiro atoms. The molecule has 2 aromatic heterocycles. The average molecular weight is 413 g/mol. The number of pyridine rings is 1. The fraction of sp³-hybridized carbons (Fsp3) is 0.632. The van der Waals surface area contributed by atoms with E-state index in [4.69, 9.17) is 21.3 Å². The number of halogens is 2. The first-order valence-corrected chi connectivity index (χ1v) is 11.2. The van der Waals surface area contributed by atoms with Crippen molar-refractivity contribution in [2.24, 2.45) is 5.92 Å². The lowest BCUT2D eigenvalue weighted by Gasteiger charge is -2.32. The molecule has 0 bridgehead atoms. The van der Waals surface area contributed by atoms with Crippen molar-refractivity contribution in [1.82, 2.24) is 15.0 Å². The number of ether oxygens (including phenoxy) is 1. The van der Waals surface area contributed by atoms with Gasteiger partial charge >= 0.3 is 0 Å². The number of anilines is 1. The molecular weight excluding hydrogens is 387 g/mol. The van der Waals surface area contributed by atoms with Gasteiger partial charge < -0.3 is 9.64 Å². The van der Waals surface area contributed by atoms with Crippen molar-refractivity contribution in [2.75, 3.05) is 30.9 Å². The van der Waals surface area contributed by atoms with E-state index in [9.17, 15) is 4.39 Å². The molecule has 3 heterocycles. The maximum atomic E-state index is 14.7. The molecule has 1 unspecified atom stereocenters. The minimum atomic E-state index is -0.616. The molecule has 0 saturated heterocycles. The van der Waals surface area contributed by atoms with Crippen molar-refractivity contribution >= 4 is 40.1 Å². The molecule has 5 nitrogen and oxygen atoms in total. The van der Waals surface area contributed by atoms with E-state index < -0.39 is 5.82 Å². The topological polar surface area (TPSA) is 51.1 Å². The van der Waals surface area contributed by atoms with Crippen LogP contribution in [0.15, 0.2) is 5.16 Å². The van der Waals surface area contributed by atoms with Gasteiger partial charge in [-0.05, 0) is 19.1 Å². The van der Waals surface area contributed by atoms with Crippen LogP contribution >= 0.6 is 23.4 Å². The van der Waals surface area contributed by atoms with Crippen molar-refractivity contribution in [3.8, 4) is 5.88 Å². The SMILES string of the molecule is CCCCCC1COc2nc(Cl)c(F)c3nc(SC)nc(c23)N(CCC)C1. The zero-order valence-corrected chi connectivity index (χ0v) is 17.7. The fourth-order valence-electron chi connectivity index (χ4n) is 3.47. The Hall–Kier alpha value is -1.34. The minimum absolute atomic E-state index is 0.185. The highest BCUT2D eigenvalue weighted by Gasteiger charge is 2.28. The van der Waals surface area contributed by atoms with Crippen LogP contribution in [0.4, 0.5) is 10.2 Å². The molecule has 1 aliphatic rings. The molecule has 0 aromatic carbocycles. The summed E-state index contributed by atoms with van der Waals surface area (Å²) in [6.07, 6.45) is 7.51. The van der Waals surface area contributed by atoms with E-state index in [1.165, 1.54) is 31.0 Å². The molecule has 0 aliphatic carbocycles. The zero-order chi connectivity index (χ0) is 19.4. The van der Waals surface area contributed by atoms with Crippen molar-refractivity contribution in [2.45, 2.75) is 51.1 Å². The monoisotopic (exact) mass is 412 g/mol. The molecule has 8 heteroatoms. The molecule has 0 amide bonds. The Balaban J connectivity index is 2.11. The van der Waals surface area contributed by atoms with E-state index in [0.29, 0.717) is 34.8 Å². The van der Waals surface area contributed by atoms with Gasteiger partial charge in [-0.1, -0.05) is 56.5 Å². The Bertz CT molecular complexity index is 807. The van der Waals surface area contributed by atoms with Crippen molar-refractivity contribution in [3.05, 3.63) is 11.0 Å². The number of nitrogens with zero attached hydrogens (tertiary/aromatic N) is 4. The van der Waals surface area contributed by atoms with Gasteiger partial charge in [0.15, 0.2) is 16.1 Å². The summed E-state index contributed by atoms with van der Waals surface area (Å²) in [6, 6.07) is 0. The summed E-state index contributed by atoms with van der Waals surface area (Å²) in [4.78, 5) is 15.5. The van der Waals surface area contributed by atoms with E-state index in [-0.39, 0.29) is 10.7 Å². The van der Waals surface area contributed by atoms with Crippen LogP contribution in [0.1, 0.15) is 46.0 Å². The Morgan fingerprint density at radius 3 is 2.74 bits per heavy atom. The molecule has 3 rings (SSSR count). The van der Waals surface area contributed by atoms with Gasteiger partial charge in [-0.15, -0.1) is 0 Å². The lowest BCUT2D eigenvalue weighted by molar-refractivity contribution is 0.230. The van der Waals surface area contributed by atoms with Gasteiger partial charge in [0.2, 0.25) is 5.88 Å². The predicted molar refractivity (Wildman–Crippen MR) is 110 cm³/mol. The smallest absolute Gasteiger partial charge is 0.228 e. The molecule has 0 N–H and O–H groups in total. The second kappa shape index (κ2) is 9.24. The van der Waals surface area contributed by atoms with Crippen molar-refractivity contribution < 1.29 is 9.13 Å². The van der Waals surface area contributed by atoms with Gasteiger partial charge in [-0.2, -0.15) is 4.98 Å². The number of thioether (sulfide) groups is 1.